The summed E-state index contributed by atoms with van der Waals surface area (Å²) in [4.78, 5) is 3.91. The third-order valence-electron chi connectivity index (χ3n) is 1.82. The first-order valence-corrected chi connectivity index (χ1v) is 4.42. The summed E-state index contributed by atoms with van der Waals surface area (Å²) in [5.41, 5.74) is 0. The van der Waals surface area contributed by atoms with Crippen LogP contribution in [0, 0.1) is 0 Å². The molecule has 1 aromatic heterocycles. The normalized spacial score (nSPS) is 12.7. The molecule has 0 aromatic carbocycles. The molecule has 0 saturated heterocycles. The molecule has 0 fully saturated rings. The molecule has 0 aliphatic carbocycles. The molecule has 0 spiro atoms. The SMILES string of the molecule is C=CCCC(C)NCc1ncon1. The van der Waals surface area contributed by atoms with Crippen molar-refractivity contribution in [2.75, 3.05) is 0 Å². The van der Waals surface area contributed by atoms with Crippen LogP contribution in [0.5, 0.6) is 0 Å². The lowest BCUT2D eigenvalue weighted by molar-refractivity contribution is 0.403. The van der Waals surface area contributed by atoms with Crippen LogP contribution in [0.3, 0.4) is 0 Å². The fourth-order valence-electron chi connectivity index (χ4n) is 1.01. The van der Waals surface area contributed by atoms with E-state index in [0.717, 1.165) is 12.8 Å². The molecule has 1 N–H and O–H groups in total. The maximum absolute atomic E-state index is 4.61. The number of hydrogen-bond acceptors (Lipinski definition) is 4. The molecule has 0 radical (unpaired) electrons. The van der Waals surface area contributed by atoms with E-state index in [1.165, 1.54) is 6.39 Å². The Morgan fingerprint density at radius 3 is 3.23 bits per heavy atom. The van der Waals surface area contributed by atoms with Crippen LogP contribution in [0.1, 0.15) is 25.6 Å². The molecule has 4 nitrogen and oxygen atoms in total. The van der Waals surface area contributed by atoms with Crippen LogP contribution in [0.4, 0.5) is 0 Å². The average Bonchev–Trinajstić information content (AvgIpc) is 2.64. The van der Waals surface area contributed by atoms with E-state index in [-0.39, 0.29) is 0 Å². The van der Waals surface area contributed by atoms with Gasteiger partial charge in [0.1, 0.15) is 0 Å². The Labute approximate surface area is 78.0 Å². The molecule has 0 amide bonds. The van der Waals surface area contributed by atoms with Crippen molar-refractivity contribution in [2.24, 2.45) is 0 Å². The number of aromatic nitrogens is 2. The fraction of sp³-hybridized carbons (Fsp3) is 0.556. The third kappa shape index (κ3) is 3.85. The monoisotopic (exact) mass is 181 g/mol. The minimum absolute atomic E-state index is 0.455. The van der Waals surface area contributed by atoms with Crippen LogP contribution in [-0.4, -0.2) is 16.2 Å². The largest absolute Gasteiger partial charge is 0.343 e. The summed E-state index contributed by atoms with van der Waals surface area (Å²) in [7, 11) is 0. The Bertz CT molecular complexity index is 233. The molecule has 1 unspecified atom stereocenters. The highest BCUT2D eigenvalue weighted by Crippen LogP contribution is 1.97. The van der Waals surface area contributed by atoms with E-state index in [1.54, 1.807) is 0 Å². The standard InChI is InChI=1S/C9H15N3O/c1-3-4-5-8(2)10-6-9-11-7-13-12-9/h3,7-8,10H,1,4-6H2,2H3. The van der Waals surface area contributed by atoms with Crippen LogP contribution >= 0.6 is 0 Å². The van der Waals surface area contributed by atoms with Crippen LogP contribution in [0.2, 0.25) is 0 Å². The predicted octanol–water partition coefficient (Wildman–Crippen LogP) is 1.51. The first kappa shape index (κ1) is 9.92. The lowest BCUT2D eigenvalue weighted by Crippen LogP contribution is -2.25. The Morgan fingerprint density at radius 2 is 2.62 bits per heavy atom. The van der Waals surface area contributed by atoms with E-state index in [9.17, 15) is 0 Å². The highest BCUT2D eigenvalue weighted by molar-refractivity contribution is 4.78. The first-order valence-electron chi connectivity index (χ1n) is 4.42. The van der Waals surface area contributed by atoms with Crippen LogP contribution < -0.4 is 5.32 Å². The minimum atomic E-state index is 0.455. The lowest BCUT2D eigenvalue weighted by Gasteiger charge is -2.10. The second-order valence-electron chi connectivity index (χ2n) is 3.00. The molecule has 72 valence electrons. The van der Waals surface area contributed by atoms with E-state index < -0.39 is 0 Å². The van der Waals surface area contributed by atoms with Crippen molar-refractivity contribution >= 4 is 0 Å². The van der Waals surface area contributed by atoms with Gasteiger partial charge in [-0.25, -0.2) is 0 Å². The van der Waals surface area contributed by atoms with Crippen LogP contribution in [0.15, 0.2) is 23.6 Å². The van der Waals surface area contributed by atoms with Gasteiger partial charge in [0.25, 0.3) is 0 Å². The molecule has 1 aromatic rings. The van der Waals surface area contributed by atoms with E-state index in [1.807, 2.05) is 6.08 Å². The maximum Gasteiger partial charge on any atom is 0.213 e. The Balaban J connectivity index is 2.15. The molecule has 0 aliphatic heterocycles. The summed E-state index contributed by atoms with van der Waals surface area (Å²) in [6.45, 7) is 6.47. The zero-order chi connectivity index (χ0) is 9.52. The molecular weight excluding hydrogens is 166 g/mol. The van der Waals surface area contributed by atoms with Gasteiger partial charge in [0.05, 0.1) is 6.54 Å². The maximum atomic E-state index is 4.61. The van der Waals surface area contributed by atoms with Gasteiger partial charge in [-0.3, -0.25) is 0 Å². The lowest BCUT2D eigenvalue weighted by atomic mass is 10.2. The zero-order valence-electron chi connectivity index (χ0n) is 7.86. The van der Waals surface area contributed by atoms with Gasteiger partial charge in [-0.2, -0.15) is 4.98 Å². The second-order valence-corrected chi connectivity index (χ2v) is 3.00. The molecule has 0 bridgehead atoms. The van der Waals surface area contributed by atoms with Gasteiger partial charge in [0, 0.05) is 6.04 Å². The van der Waals surface area contributed by atoms with E-state index in [2.05, 4.69) is 33.5 Å². The zero-order valence-corrected chi connectivity index (χ0v) is 7.86. The van der Waals surface area contributed by atoms with E-state index in [4.69, 9.17) is 0 Å². The number of nitrogens with zero attached hydrogens (tertiary/aromatic N) is 2. The van der Waals surface area contributed by atoms with Crippen LogP contribution in [0.25, 0.3) is 0 Å². The van der Waals surface area contributed by atoms with Gasteiger partial charge >= 0.3 is 0 Å². The van der Waals surface area contributed by atoms with Gasteiger partial charge in [0.15, 0.2) is 5.82 Å². The van der Waals surface area contributed by atoms with Gasteiger partial charge in [0.2, 0.25) is 6.39 Å². The van der Waals surface area contributed by atoms with Crippen molar-refractivity contribution in [2.45, 2.75) is 32.4 Å². The second kappa shape index (κ2) is 5.48. The van der Waals surface area contributed by atoms with Gasteiger partial charge in [-0.15, -0.1) is 6.58 Å². The first-order chi connectivity index (χ1) is 6.33. The topological polar surface area (TPSA) is 51.0 Å². The summed E-state index contributed by atoms with van der Waals surface area (Å²) in [6, 6.07) is 0.455. The molecule has 0 aliphatic rings. The molecule has 1 atom stereocenters. The third-order valence-corrected chi connectivity index (χ3v) is 1.82. The molecule has 0 saturated carbocycles. The summed E-state index contributed by atoms with van der Waals surface area (Å²) in [6.07, 6.45) is 5.37. The molecular formula is C9H15N3O. The van der Waals surface area contributed by atoms with Gasteiger partial charge in [-0.05, 0) is 19.8 Å². The summed E-state index contributed by atoms with van der Waals surface area (Å²) in [5.74, 6) is 0.699. The van der Waals surface area contributed by atoms with Crippen molar-refractivity contribution in [1.82, 2.24) is 15.5 Å². The fourth-order valence-corrected chi connectivity index (χ4v) is 1.01. The Hall–Kier alpha value is -1.16. The van der Waals surface area contributed by atoms with Crippen LogP contribution in [-0.2, 0) is 6.54 Å². The summed E-state index contributed by atoms with van der Waals surface area (Å²) in [5, 5.41) is 6.99. The number of rotatable bonds is 6. The Morgan fingerprint density at radius 1 is 1.77 bits per heavy atom. The molecule has 13 heavy (non-hydrogen) atoms. The van der Waals surface area contributed by atoms with Crippen molar-refractivity contribution in [3.63, 3.8) is 0 Å². The molecule has 1 rings (SSSR count). The van der Waals surface area contributed by atoms with E-state index >= 15 is 0 Å². The average molecular weight is 181 g/mol. The minimum Gasteiger partial charge on any atom is -0.343 e. The highest BCUT2D eigenvalue weighted by Gasteiger charge is 2.02. The number of nitrogens with one attached hydrogen (secondary N) is 1. The van der Waals surface area contributed by atoms with E-state index in [0.29, 0.717) is 18.4 Å². The number of hydrogen-bond donors (Lipinski definition) is 1. The predicted molar refractivity (Wildman–Crippen MR) is 50.0 cm³/mol. The Kier molecular flexibility index (Phi) is 4.18. The van der Waals surface area contributed by atoms with Crippen molar-refractivity contribution in [3.8, 4) is 0 Å². The molecule has 4 heteroatoms. The summed E-state index contributed by atoms with van der Waals surface area (Å²) < 4.78 is 4.61. The molecule has 1 heterocycles. The van der Waals surface area contributed by atoms with Crippen molar-refractivity contribution in [1.29, 1.82) is 0 Å². The highest BCUT2D eigenvalue weighted by atomic mass is 16.5. The van der Waals surface area contributed by atoms with Crippen molar-refractivity contribution in [3.05, 3.63) is 24.9 Å². The summed E-state index contributed by atoms with van der Waals surface area (Å²) >= 11 is 0. The van der Waals surface area contributed by atoms with Gasteiger partial charge in [-0.1, -0.05) is 11.2 Å². The van der Waals surface area contributed by atoms with Gasteiger partial charge < -0.3 is 9.84 Å². The van der Waals surface area contributed by atoms with Crippen molar-refractivity contribution < 1.29 is 4.52 Å². The number of allylic oxidation sites excluding steroid dienone is 1. The quantitative estimate of drug-likeness (QED) is 0.676. The smallest absolute Gasteiger partial charge is 0.213 e.